The molecule has 1 aliphatic carbocycles. The molecule has 0 spiro atoms. The van der Waals surface area contributed by atoms with Gasteiger partial charge in [-0.05, 0) is 30.9 Å². The third kappa shape index (κ3) is 2.37. The highest BCUT2D eigenvalue weighted by atomic mass is 16.4. The molecule has 3 rings (SSSR count). The molecule has 1 aliphatic rings. The Kier molecular flexibility index (Phi) is 2.76. The van der Waals surface area contributed by atoms with Crippen LogP contribution in [0.1, 0.15) is 23.5 Å². The fourth-order valence-electron chi connectivity index (χ4n) is 1.56. The summed E-state index contributed by atoms with van der Waals surface area (Å²) in [5.74, 6) is 0.641. The summed E-state index contributed by atoms with van der Waals surface area (Å²) in [6, 6.07) is 3.50. The summed E-state index contributed by atoms with van der Waals surface area (Å²) < 4.78 is 5.32. The number of pyridine rings is 1. The van der Waals surface area contributed by atoms with Crippen molar-refractivity contribution in [2.24, 2.45) is 5.92 Å². The normalized spacial score (nSPS) is 14.4. The van der Waals surface area contributed by atoms with Crippen LogP contribution in [0.15, 0.2) is 28.9 Å². The minimum Gasteiger partial charge on any atom is -0.412 e. The summed E-state index contributed by atoms with van der Waals surface area (Å²) in [6.07, 6.45) is 5.64. The van der Waals surface area contributed by atoms with Crippen LogP contribution in [0.4, 0.5) is 0 Å². The van der Waals surface area contributed by atoms with Crippen LogP contribution in [0.3, 0.4) is 0 Å². The maximum absolute atomic E-state index is 11.7. The fraction of sp³-hybridized carbons (Fsp3) is 0.333. The van der Waals surface area contributed by atoms with Gasteiger partial charge in [0.2, 0.25) is 5.89 Å². The number of nitrogens with one attached hydrogen (secondary N) is 1. The van der Waals surface area contributed by atoms with Gasteiger partial charge in [0.1, 0.15) is 0 Å². The highest BCUT2D eigenvalue weighted by Gasteiger charge is 2.23. The van der Waals surface area contributed by atoms with Crippen molar-refractivity contribution in [3.8, 4) is 11.5 Å². The number of carbonyl (C=O) groups excluding carboxylic acids is 1. The number of nitrogens with zero attached hydrogens (tertiary/aromatic N) is 3. The van der Waals surface area contributed by atoms with Gasteiger partial charge in [-0.3, -0.25) is 9.78 Å². The molecule has 0 aromatic carbocycles. The van der Waals surface area contributed by atoms with Crippen molar-refractivity contribution < 1.29 is 9.21 Å². The first kappa shape index (κ1) is 10.9. The third-order valence-corrected chi connectivity index (χ3v) is 2.79. The molecule has 2 aromatic heterocycles. The van der Waals surface area contributed by atoms with Gasteiger partial charge < -0.3 is 9.73 Å². The molecular formula is C12H12N4O2. The first-order chi connectivity index (χ1) is 8.83. The SMILES string of the molecule is O=C(NCC1CC1)c1nnc(-c2ccncc2)o1. The Labute approximate surface area is 103 Å². The molecule has 0 atom stereocenters. The Morgan fingerprint density at radius 2 is 2.11 bits per heavy atom. The largest absolute Gasteiger partial charge is 0.412 e. The van der Waals surface area contributed by atoms with Crippen LogP contribution in [-0.4, -0.2) is 27.6 Å². The Balaban J connectivity index is 1.70. The van der Waals surface area contributed by atoms with E-state index >= 15 is 0 Å². The first-order valence-electron chi connectivity index (χ1n) is 5.85. The summed E-state index contributed by atoms with van der Waals surface area (Å²) >= 11 is 0. The Hall–Kier alpha value is -2.24. The second kappa shape index (κ2) is 4.56. The van der Waals surface area contributed by atoms with Crippen LogP contribution in [0.5, 0.6) is 0 Å². The van der Waals surface area contributed by atoms with Crippen LogP contribution in [0, 0.1) is 5.92 Å². The number of hydrogen-bond donors (Lipinski definition) is 1. The molecule has 0 unspecified atom stereocenters. The lowest BCUT2D eigenvalue weighted by atomic mass is 10.3. The van der Waals surface area contributed by atoms with E-state index in [0.29, 0.717) is 18.4 Å². The molecule has 1 saturated carbocycles. The number of carbonyl (C=O) groups is 1. The minimum atomic E-state index is -0.310. The lowest BCUT2D eigenvalue weighted by Crippen LogP contribution is -2.25. The lowest BCUT2D eigenvalue weighted by molar-refractivity contribution is 0.0918. The van der Waals surface area contributed by atoms with Gasteiger partial charge in [-0.1, -0.05) is 0 Å². The molecule has 1 fully saturated rings. The average Bonchev–Trinajstić information content (AvgIpc) is 3.11. The summed E-state index contributed by atoms with van der Waals surface area (Å²) in [5, 5.41) is 10.4. The monoisotopic (exact) mass is 244 g/mol. The predicted molar refractivity (Wildman–Crippen MR) is 62.6 cm³/mol. The second-order valence-corrected chi connectivity index (χ2v) is 4.30. The van der Waals surface area contributed by atoms with Crippen LogP contribution < -0.4 is 5.32 Å². The third-order valence-electron chi connectivity index (χ3n) is 2.79. The lowest BCUT2D eigenvalue weighted by Gasteiger charge is -1.98. The van der Waals surface area contributed by atoms with Gasteiger partial charge in [0, 0.05) is 24.5 Å². The molecule has 0 aliphatic heterocycles. The van der Waals surface area contributed by atoms with E-state index in [4.69, 9.17) is 4.42 Å². The van der Waals surface area contributed by atoms with E-state index in [0.717, 1.165) is 5.56 Å². The van der Waals surface area contributed by atoms with Crippen molar-refractivity contribution in [1.82, 2.24) is 20.5 Å². The molecule has 1 amide bonds. The van der Waals surface area contributed by atoms with E-state index in [1.165, 1.54) is 12.8 Å². The van der Waals surface area contributed by atoms with E-state index in [2.05, 4.69) is 20.5 Å². The number of rotatable bonds is 4. The summed E-state index contributed by atoms with van der Waals surface area (Å²) in [7, 11) is 0. The standard InChI is InChI=1S/C12H12N4O2/c17-10(14-7-8-1-2-8)12-16-15-11(18-12)9-3-5-13-6-4-9/h3-6,8H,1-2,7H2,(H,14,17). The molecule has 2 aromatic rings. The molecule has 0 saturated heterocycles. The Morgan fingerprint density at radius 3 is 2.83 bits per heavy atom. The summed E-state index contributed by atoms with van der Waals surface area (Å²) in [4.78, 5) is 15.6. The van der Waals surface area contributed by atoms with Crippen LogP contribution >= 0.6 is 0 Å². The molecule has 92 valence electrons. The quantitative estimate of drug-likeness (QED) is 0.875. The molecule has 0 bridgehead atoms. The zero-order valence-corrected chi connectivity index (χ0v) is 9.67. The summed E-state index contributed by atoms with van der Waals surface area (Å²) in [5.41, 5.74) is 0.749. The first-order valence-corrected chi connectivity index (χ1v) is 5.85. The smallest absolute Gasteiger partial charge is 0.308 e. The zero-order chi connectivity index (χ0) is 12.4. The van der Waals surface area contributed by atoms with Gasteiger partial charge in [-0.2, -0.15) is 0 Å². The van der Waals surface area contributed by atoms with E-state index < -0.39 is 0 Å². The second-order valence-electron chi connectivity index (χ2n) is 4.30. The minimum absolute atomic E-state index is 0.00228. The molecular weight excluding hydrogens is 232 g/mol. The van der Waals surface area contributed by atoms with Gasteiger partial charge in [0.05, 0.1) is 0 Å². The van der Waals surface area contributed by atoms with Crippen molar-refractivity contribution in [3.63, 3.8) is 0 Å². The van der Waals surface area contributed by atoms with E-state index in [9.17, 15) is 4.79 Å². The zero-order valence-electron chi connectivity index (χ0n) is 9.67. The van der Waals surface area contributed by atoms with Crippen molar-refractivity contribution in [1.29, 1.82) is 0 Å². The van der Waals surface area contributed by atoms with Gasteiger partial charge >= 0.3 is 11.8 Å². The van der Waals surface area contributed by atoms with Gasteiger partial charge in [0.15, 0.2) is 0 Å². The summed E-state index contributed by atoms with van der Waals surface area (Å²) in [6.45, 7) is 0.686. The Morgan fingerprint density at radius 1 is 1.33 bits per heavy atom. The highest BCUT2D eigenvalue weighted by molar-refractivity contribution is 5.89. The van der Waals surface area contributed by atoms with Crippen molar-refractivity contribution in [2.75, 3.05) is 6.54 Å². The number of amides is 1. The molecule has 0 radical (unpaired) electrons. The van der Waals surface area contributed by atoms with Gasteiger partial charge in [0.25, 0.3) is 0 Å². The van der Waals surface area contributed by atoms with E-state index in [1.54, 1.807) is 24.5 Å². The maximum atomic E-state index is 11.7. The highest BCUT2D eigenvalue weighted by Crippen LogP contribution is 2.27. The van der Waals surface area contributed by atoms with Crippen molar-refractivity contribution in [3.05, 3.63) is 30.4 Å². The fourth-order valence-corrected chi connectivity index (χ4v) is 1.56. The van der Waals surface area contributed by atoms with Gasteiger partial charge in [-0.15, -0.1) is 10.2 Å². The number of hydrogen-bond acceptors (Lipinski definition) is 5. The van der Waals surface area contributed by atoms with E-state index in [-0.39, 0.29) is 11.8 Å². The van der Waals surface area contributed by atoms with Crippen LogP contribution in [0.2, 0.25) is 0 Å². The van der Waals surface area contributed by atoms with Crippen LogP contribution in [0.25, 0.3) is 11.5 Å². The van der Waals surface area contributed by atoms with Crippen molar-refractivity contribution in [2.45, 2.75) is 12.8 Å². The predicted octanol–water partition coefficient (Wildman–Crippen LogP) is 1.27. The molecule has 2 heterocycles. The maximum Gasteiger partial charge on any atom is 0.308 e. The molecule has 6 heteroatoms. The average molecular weight is 244 g/mol. The topological polar surface area (TPSA) is 80.9 Å². The number of aromatic nitrogens is 3. The van der Waals surface area contributed by atoms with Crippen molar-refractivity contribution >= 4 is 5.91 Å². The van der Waals surface area contributed by atoms with Gasteiger partial charge in [-0.25, -0.2) is 0 Å². The molecule has 18 heavy (non-hydrogen) atoms. The molecule has 6 nitrogen and oxygen atoms in total. The van der Waals surface area contributed by atoms with Crippen LogP contribution in [-0.2, 0) is 0 Å². The Bertz CT molecular complexity index is 548. The molecule has 1 N–H and O–H groups in total. The van der Waals surface area contributed by atoms with E-state index in [1.807, 2.05) is 0 Å².